The van der Waals surface area contributed by atoms with Crippen LogP contribution in [-0.2, 0) is 9.53 Å². The van der Waals surface area contributed by atoms with E-state index in [1.54, 1.807) is 31.2 Å². The van der Waals surface area contributed by atoms with Crippen molar-refractivity contribution in [3.05, 3.63) is 30.0 Å². The highest BCUT2D eigenvalue weighted by Gasteiger charge is 2.22. The fourth-order valence-electron chi connectivity index (χ4n) is 2.56. The lowest BCUT2D eigenvalue weighted by Gasteiger charge is -2.10. The second-order valence-corrected chi connectivity index (χ2v) is 5.22. The first kappa shape index (κ1) is 14.6. The Morgan fingerprint density at radius 1 is 1.41 bits per heavy atom. The van der Waals surface area contributed by atoms with E-state index in [9.17, 15) is 9.59 Å². The van der Waals surface area contributed by atoms with Crippen LogP contribution >= 0.6 is 0 Å². The molecule has 116 valence electrons. The molecule has 0 saturated carbocycles. The van der Waals surface area contributed by atoms with Gasteiger partial charge in [-0.1, -0.05) is 0 Å². The van der Waals surface area contributed by atoms with Gasteiger partial charge in [0.2, 0.25) is 11.7 Å². The molecule has 22 heavy (non-hydrogen) atoms. The van der Waals surface area contributed by atoms with E-state index in [4.69, 9.17) is 9.15 Å². The molecule has 1 amide bonds. The zero-order valence-electron chi connectivity index (χ0n) is 12.3. The van der Waals surface area contributed by atoms with Crippen LogP contribution < -0.4 is 10.6 Å². The van der Waals surface area contributed by atoms with Crippen molar-refractivity contribution in [3.63, 3.8) is 0 Å². The number of furan rings is 1. The average molecular weight is 302 g/mol. The molecule has 0 bridgehead atoms. The van der Waals surface area contributed by atoms with Crippen molar-refractivity contribution < 1.29 is 18.7 Å². The lowest BCUT2D eigenvalue weighted by atomic mass is 10.2. The molecule has 3 rings (SSSR count). The van der Waals surface area contributed by atoms with Crippen LogP contribution in [0.25, 0.3) is 11.0 Å². The second-order valence-electron chi connectivity index (χ2n) is 5.22. The lowest BCUT2D eigenvalue weighted by molar-refractivity contribution is -0.117. The number of esters is 1. The Kier molecular flexibility index (Phi) is 4.11. The quantitative estimate of drug-likeness (QED) is 0.847. The Bertz CT molecular complexity index is 701. The molecule has 1 aliphatic heterocycles. The summed E-state index contributed by atoms with van der Waals surface area (Å²) in [6.45, 7) is 2.92. The van der Waals surface area contributed by atoms with Gasteiger partial charge in [-0.15, -0.1) is 0 Å². The number of benzene rings is 1. The van der Waals surface area contributed by atoms with Gasteiger partial charge in [0.05, 0.1) is 12.6 Å². The zero-order chi connectivity index (χ0) is 15.5. The van der Waals surface area contributed by atoms with Crippen molar-refractivity contribution in [2.75, 3.05) is 18.5 Å². The number of hydrogen-bond acceptors (Lipinski definition) is 5. The molecule has 1 aromatic heterocycles. The van der Waals surface area contributed by atoms with Gasteiger partial charge in [-0.3, -0.25) is 4.79 Å². The molecular weight excluding hydrogens is 284 g/mol. The molecule has 2 aromatic rings. The lowest BCUT2D eigenvalue weighted by Crippen LogP contribution is -2.35. The molecule has 6 nitrogen and oxygen atoms in total. The molecule has 1 aliphatic rings. The number of amides is 1. The van der Waals surface area contributed by atoms with Gasteiger partial charge < -0.3 is 19.8 Å². The molecule has 1 aromatic carbocycles. The van der Waals surface area contributed by atoms with Crippen LogP contribution in [0.3, 0.4) is 0 Å². The van der Waals surface area contributed by atoms with Gasteiger partial charge in [0.25, 0.3) is 0 Å². The molecule has 0 unspecified atom stereocenters. The number of fused-ring (bicyclic) bond motifs is 1. The van der Waals surface area contributed by atoms with Gasteiger partial charge in [-0.2, -0.15) is 0 Å². The van der Waals surface area contributed by atoms with E-state index in [1.165, 1.54) is 0 Å². The molecule has 6 heteroatoms. The van der Waals surface area contributed by atoms with Gasteiger partial charge in [0.15, 0.2) is 0 Å². The topological polar surface area (TPSA) is 80.6 Å². The van der Waals surface area contributed by atoms with E-state index < -0.39 is 5.97 Å². The van der Waals surface area contributed by atoms with Gasteiger partial charge in [-0.25, -0.2) is 4.79 Å². The number of hydrogen-bond donors (Lipinski definition) is 2. The average Bonchev–Trinajstić information content (AvgIpc) is 3.16. The largest absolute Gasteiger partial charge is 0.460 e. The Morgan fingerprint density at radius 3 is 3.00 bits per heavy atom. The number of ether oxygens (including phenoxy) is 1. The molecular formula is C16H18N2O4. The summed E-state index contributed by atoms with van der Waals surface area (Å²) in [6, 6.07) is 6.77. The monoisotopic (exact) mass is 302 g/mol. The van der Waals surface area contributed by atoms with Crippen LogP contribution in [0.1, 0.15) is 30.3 Å². The van der Waals surface area contributed by atoms with E-state index in [-0.39, 0.29) is 17.7 Å². The number of carbonyl (C=O) groups excluding carboxylic acids is 2. The minimum absolute atomic E-state index is 0.0361. The molecule has 1 atom stereocenters. The van der Waals surface area contributed by atoms with Gasteiger partial charge in [0.1, 0.15) is 5.58 Å². The summed E-state index contributed by atoms with van der Waals surface area (Å²) in [4.78, 5) is 23.7. The Morgan fingerprint density at radius 2 is 2.27 bits per heavy atom. The van der Waals surface area contributed by atoms with Crippen LogP contribution in [-0.4, -0.2) is 31.1 Å². The van der Waals surface area contributed by atoms with Crippen LogP contribution in [0.15, 0.2) is 28.7 Å². The van der Waals surface area contributed by atoms with Crippen LogP contribution in [0.5, 0.6) is 0 Å². The Balaban J connectivity index is 1.77. The standard InChI is InChI=1S/C16H18N2O4/c1-2-21-16(20)14-9-10-8-11(5-6-13(10)22-14)18-15(19)12-4-3-7-17-12/h5-6,8-9,12,17H,2-4,7H2,1H3,(H,18,19)/t12-/m0/s1. The third kappa shape index (κ3) is 2.96. The highest BCUT2D eigenvalue weighted by Crippen LogP contribution is 2.24. The molecule has 0 spiro atoms. The summed E-state index contributed by atoms with van der Waals surface area (Å²) < 4.78 is 10.4. The summed E-state index contributed by atoms with van der Waals surface area (Å²) in [5.41, 5.74) is 1.27. The predicted molar refractivity (Wildman–Crippen MR) is 81.8 cm³/mol. The first-order chi connectivity index (χ1) is 10.7. The van der Waals surface area contributed by atoms with E-state index in [2.05, 4.69) is 10.6 Å². The first-order valence-corrected chi connectivity index (χ1v) is 7.42. The highest BCUT2D eigenvalue weighted by molar-refractivity contribution is 5.98. The number of nitrogens with one attached hydrogen (secondary N) is 2. The van der Waals surface area contributed by atoms with E-state index in [0.717, 1.165) is 24.8 Å². The molecule has 0 aliphatic carbocycles. The van der Waals surface area contributed by atoms with Crippen LogP contribution in [0.4, 0.5) is 5.69 Å². The first-order valence-electron chi connectivity index (χ1n) is 7.42. The minimum Gasteiger partial charge on any atom is -0.460 e. The third-order valence-corrected chi connectivity index (χ3v) is 3.64. The van der Waals surface area contributed by atoms with Gasteiger partial charge >= 0.3 is 5.97 Å². The predicted octanol–water partition coefficient (Wildman–Crippen LogP) is 2.30. The fourth-order valence-corrected chi connectivity index (χ4v) is 2.56. The summed E-state index contributed by atoms with van der Waals surface area (Å²) in [6.07, 6.45) is 1.87. The van der Waals surface area contributed by atoms with Gasteiger partial charge in [-0.05, 0) is 50.6 Å². The fraction of sp³-hybridized carbons (Fsp3) is 0.375. The zero-order valence-corrected chi connectivity index (χ0v) is 12.3. The van der Waals surface area contributed by atoms with Crippen molar-refractivity contribution in [1.82, 2.24) is 5.32 Å². The van der Waals surface area contributed by atoms with Crippen molar-refractivity contribution in [2.45, 2.75) is 25.8 Å². The SMILES string of the molecule is CCOC(=O)c1cc2cc(NC(=O)[C@@H]3CCCN3)ccc2o1. The summed E-state index contributed by atoms with van der Waals surface area (Å²) >= 11 is 0. The summed E-state index contributed by atoms with van der Waals surface area (Å²) in [7, 11) is 0. The molecule has 1 saturated heterocycles. The number of rotatable bonds is 4. The van der Waals surface area contributed by atoms with E-state index in [1.807, 2.05) is 0 Å². The normalized spacial score (nSPS) is 17.6. The van der Waals surface area contributed by atoms with Crippen molar-refractivity contribution in [2.24, 2.45) is 0 Å². The van der Waals surface area contributed by atoms with Crippen LogP contribution in [0.2, 0.25) is 0 Å². The Labute approximate surface area is 127 Å². The number of anilines is 1. The number of carbonyl (C=O) groups is 2. The van der Waals surface area contributed by atoms with Crippen molar-refractivity contribution in [3.8, 4) is 0 Å². The highest BCUT2D eigenvalue weighted by atomic mass is 16.5. The third-order valence-electron chi connectivity index (χ3n) is 3.64. The molecule has 1 fully saturated rings. The van der Waals surface area contributed by atoms with Crippen molar-refractivity contribution >= 4 is 28.5 Å². The Hall–Kier alpha value is -2.34. The molecule has 2 heterocycles. The van der Waals surface area contributed by atoms with Crippen LogP contribution in [0, 0.1) is 0 Å². The minimum atomic E-state index is -0.487. The summed E-state index contributed by atoms with van der Waals surface area (Å²) in [5.74, 6) is -0.358. The molecule has 0 radical (unpaired) electrons. The molecule has 2 N–H and O–H groups in total. The second kappa shape index (κ2) is 6.19. The van der Waals surface area contributed by atoms with Gasteiger partial charge in [0, 0.05) is 11.1 Å². The van der Waals surface area contributed by atoms with Crippen molar-refractivity contribution in [1.29, 1.82) is 0 Å². The smallest absolute Gasteiger partial charge is 0.374 e. The maximum absolute atomic E-state index is 12.1. The van der Waals surface area contributed by atoms with E-state index in [0.29, 0.717) is 17.9 Å². The maximum atomic E-state index is 12.1. The summed E-state index contributed by atoms with van der Waals surface area (Å²) in [5, 5.41) is 6.79. The maximum Gasteiger partial charge on any atom is 0.374 e. The van der Waals surface area contributed by atoms with E-state index >= 15 is 0 Å².